The van der Waals surface area contributed by atoms with Crippen molar-refractivity contribution in [3.05, 3.63) is 70.2 Å². The highest BCUT2D eigenvalue weighted by Crippen LogP contribution is 2.30. The number of rotatable bonds is 6. The molecule has 2 amide bonds. The summed E-state index contributed by atoms with van der Waals surface area (Å²) in [5.74, 6) is -1.88. The summed E-state index contributed by atoms with van der Waals surface area (Å²) >= 11 is 6.04. The van der Waals surface area contributed by atoms with E-state index in [1.165, 1.54) is 35.2 Å². The SMILES string of the molecule is O=C(NCC(=O)N(Cc1c(F)cccc1Cl)C1CC1)c1cccc(F)c1. The molecule has 0 unspecified atom stereocenters. The zero-order valence-electron chi connectivity index (χ0n) is 13.8. The van der Waals surface area contributed by atoms with Gasteiger partial charge in [-0.3, -0.25) is 9.59 Å². The zero-order chi connectivity index (χ0) is 18.7. The van der Waals surface area contributed by atoms with Crippen LogP contribution in [-0.4, -0.2) is 29.3 Å². The first kappa shape index (κ1) is 18.3. The summed E-state index contributed by atoms with van der Waals surface area (Å²) in [4.78, 5) is 26.1. The Kier molecular flexibility index (Phi) is 5.52. The Bertz CT molecular complexity index is 820. The molecule has 0 atom stereocenters. The fourth-order valence-electron chi connectivity index (χ4n) is 2.65. The highest BCUT2D eigenvalue weighted by atomic mass is 35.5. The van der Waals surface area contributed by atoms with Crippen LogP contribution in [0.5, 0.6) is 0 Å². The summed E-state index contributed by atoms with van der Waals surface area (Å²) in [5, 5.41) is 2.74. The predicted molar refractivity (Wildman–Crippen MR) is 93.7 cm³/mol. The lowest BCUT2D eigenvalue weighted by molar-refractivity contribution is -0.131. The maximum Gasteiger partial charge on any atom is 0.251 e. The molecule has 0 aliphatic heterocycles. The fraction of sp³-hybridized carbons (Fsp3) is 0.263. The minimum Gasteiger partial charge on any atom is -0.343 e. The maximum atomic E-state index is 14.0. The lowest BCUT2D eigenvalue weighted by atomic mass is 10.2. The number of nitrogens with zero attached hydrogens (tertiary/aromatic N) is 1. The van der Waals surface area contributed by atoms with Gasteiger partial charge in [-0.15, -0.1) is 0 Å². The van der Waals surface area contributed by atoms with E-state index in [9.17, 15) is 18.4 Å². The molecule has 1 N–H and O–H groups in total. The Morgan fingerprint density at radius 2 is 1.88 bits per heavy atom. The summed E-state index contributed by atoms with van der Waals surface area (Å²) in [6.45, 7) is -0.206. The normalized spacial score (nSPS) is 13.3. The van der Waals surface area contributed by atoms with Crippen LogP contribution in [0.25, 0.3) is 0 Å². The monoisotopic (exact) mass is 378 g/mol. The molecule has 0 bridgehead atoms. The third-order valence-corrected chi connectivity index (χ3v) is 4.54. The number of carbonyl (C=O) groups is 2. The Labute approximate surface area is 154 Å². The number of hydrogen-bond acceptors (Lipinski definition) is 2. The molecule has 4 nitrogen and oxygen atoms in total. The number of benzene rings is 2. The number of carbonyl (C=O) groups excluding carboxylic acids is 2. The van der Waals surface area contributed by atoms with E-state index in [1.807, 2.05) is 0 Å². The lowest BCUT2D eigenvalue weighted by Gasteiger charge is -2.23. The van der Waals surface area contributed by atoms with Crippen molar-refractivity contribution < 1.29 is 18.4 Å². The summed E-state index contributed by atoms with van der Waals surface area (Å²) in [5.41, 5.74) is 0.388. The van der Waals surface area contributed by atoms with Crippen LogP contribution in [0.3, 0.4) is 0 Å². The second kappa shape index (κ2) is 7.83. The fourth-order valence-corrected chi connectivity index (χ4v) is 2.87. The molecule has 136 valence electrons. The second-order valence-electron chi connectivity index (χ2n) is 6.15. The van der Waals surface area contributed by atoms with Crippen molar-refractivity contribution in [1.82, 2.24) is 10.2 Å². The summed E-state index contributed by atoms with van der Waals surface area (Å²) in [6, 6.07) is 9.59. The smallest absolute Gasteiger partial charge is 0.251 e. The standard InChI is InChI=1S/C19H17ClF2N2O2/c20-16-5-2-6-17(22)15(16)11-24(14-7-8-14)18(25)10-23-19(26)12-3-1-4-13(21)9-12/h1-6,9,14H,7-8,10-11H2,(H,23,26). The van der Waals surface area contributed by atoms with E-state index in [2.05, 4.69) is 5.32 Å². The average molecular weight is 379 g/mol. The summed E-state index contributed by atoms with van der Waals surface area (Å²) < 4.78 is 27.2. The molecule has 0 heterocycles. The molecule has 1 aliphatic carbocycles. The van der Waals surface area contributed by atoms with E-state index in [1.54, 1.807) is 6.07 Å². The van der Waals surface area contributed by atoms with E-state index in [0.29, 0.717) is 0 Å². The molecule has 1 aliphatic rings. The summed E-state index contributed by atoms with van der Waals surface area (Å²) in [6.07, 6.45) is 1.66. The Hall–Kier alpha value is -2.47. The van der Waals surface area contributed by atoms with Crippen molar-refractivity contribution in [3.8, 4) is 0 Å². The van der Waals surface area contributed by atoms with Crippen molar-refractivity contribution in [3.63, 3.8) is 0 Å². The first-order chi connectivity index (χ1) is 12.5. The lowest BCUT2D eigenvalue weighted by Crippen LogP contribution is -2.41. The molecule has 2 aromatic rings. The van der Waals surface area contributed by atoms with E-state index < -0.39 is 17.5 Å². The zero-order valence-corrected chi connectivity index (χ0v) is 14.6. The third kappa shape index (κ3) is 4.38. The van der Waals surface area contributed by atoms with Crippen molar-refractivity contribution in [2.24, 2.45) is 0 Å². The van der Waals surface area contributed by atoms with Crippen LogP contribution >= 0.6 is 11.6 Å². The number of hydrogen-bond donors (Lipinski definition) is 1. The molecule has 0 saturated heterocycles. The molecular weight excluding hydrogens is 362 g/mol. The van der Waals surface area contributed by atoms with Gasteiger partial charge in [-0.2, -0.15) is 0 Å². The van der Waals surface area contributed by atoms with E-state index >= 15 is 0 Å². The quantitative estimate of drug-likeness (QED) is 0.835. The van der Waals surface area contributed by atoms with Gasteiger partial charge in [0.15, 0.2) is 0 Å². The molecular formula is C19H17ClF2N2O2. The molecule has 3 rings (SSSR count). The highest BCUT2D eigenvalue weighted by molar-refractivity contribution is 6.31. The van der Waals surface area contributed by atoms with Gasteiger partial charge in [-0.25, -0.2) is 8.78 Å². The van der Waals surface area contributed by atoms with Gasteiger partial charge in [-0.1, -0.05) is 23.7 Å². The predicted octanol–water partition coefficient (Wildman–Crippen LogP) is 3.54. The molecule has 7 heteroatoms. The average Bonchev–Trinajstić information content (AvgIpc) is 3.44. The van der Waals surface area contributed by atoms with E-state index in [4.69, 9.17) is 11.6 Å². The van der Waals surface area contributed by atoms with Gasteiger partial charge < -0.3 is 10.2 Å². The second-order valence-corrected chi connectivity index (χ2v) is 6.55. The van der Waals surface area contributed by atoms with Crippen LogP contribution in [0.1, 0.15) is 28.8 Å². The molecule has 2 aromatic carbocycles. The van der Waals surface area contributed by atoms with Gasteiger partial charge in [0, 0.05) is 22.2 Å². The first-order valence-corrected chi connectivity index (χ1v) is 8.59. The van der Waals surface area contributed by atoms with E-state index in [0.717, 1.165) is 18.9 Å². The summed E-state index contributed by atoms with van der Waals surface area (Å²) in [7, 11) is 0. The molecule has 26 heavy (non-hydrogen) atoms. The van der Waals surface area contributed by atoms with Gasteiger partial charge in [0.25, 0.3) is 5.91 Å². The Morgan fingerprint density at radius 3 is 2.54 bits per heavy atom. The van der Waals surface area contributed by atoms with Crippen LogP contribution in [0, 0.1) is 11.6 Å². The first-order valence-electron chi connectivity index (χ1n) is 8.22. The Morgan fingerprint density at radius 1 is 1.15 bits per heavy atom. The van der Waals surface area contributed by atoms with Gasteiger partial charge in [0.05, 0.1) is 13.1 Å². The van der Waals surface area contributed by atoms with Crippen LogP contribution in [0.15, 0.2) is 42.5 Å². The molecule has 0 radical (unpaired) electrons. The van der Waals surface area contributed by atoms with Gasteiger partial charge >= 0.3 is 0 Å². The van der Waals surface area contributed by atoms with Gasteiger partial charge in [0.2, 0.25) is 5.91 Å². The van der Waals surface area contributed by atoms with Crippen LogP contribution < -0.4 is 5.32 Å². The Balaban J connectivity index is 1.65. The largest absolute Gasteiger partial charge is 0.343 e. The molecule has 1 saturated carbocycles. The topological polar surface area (TPSA) is 49.4 Å². The molecule has 0 spiro atoms. The van der Waals surface area contributed by atoms with Crippen molar-refractivity contribution >= 4 is 23.4 Å². The molecule has 1 fully saturated rings. The minimum atomic E-state index is -0.544. The third-order valence-electron chi connectivity index (χ3n) is 4.19. The molecule has 0 aromatic heterocycles. The van der Waals surface area contributed by atoms with Gasteiger partial charge in [-0.05, 0) is 43.2 Å². The van der Waals surface area contributed by atoms with Crippen LogP contribution in [-0.2, 0) is 11.3 Å². The number of amides is 2. The van der Waals surface area contributed by atoms with Gasteiger partial charge in [0.1, 0.15) is 11.6 Å². The minimum absolute atomic E-state index is 0.0178. The maximum absolute atomic E-state index is 14.0. The number of nitrogens with one attached hydrogen (secondary N) is 1. The van der Waals surface area contributed by atoms with Crippen molar-refractivity contribution in [2.75, 3.05) is 6.54 Å². The highest BCUT2D eigenvalue weighted by Gasteiger charge is 2.33. The van der Waals surface area contributed by atoms with Crippen molar-refractivity contribution in [1.29, 1.82) is 0 Å². The van der Waals surface area contributed by atoms with Crippen LogP contribution in [0.2, 0.25) is 5.02 Å². The number of halogens is 3. The van der Waals surface area contributed by atoms with Crippen LogP contribution in [0.4, 0.5) is 8.78 Å². The van der Waals surface area contributed by atoms with Crippen molar-refractivity contribution in [2.45, 2.75) is 25.4 Å². The van der Waals surface area contributed by atoms with E-state index in [-0.39, 0.29) is 41.2 Å².